The molecule has 4 fully saturated rings. The Morgan fingerprint density at radius 1 is 1.13 bits per heavy atom. The zero-order valence-electron chi connectivity index (χ0n) is 22.1. The maximum Gasteiger partial charge on any atom is 0.289 e. The molecule has 3 heterocycles. The first-order valence-corrected chi connectivity index (χ1v) is 14.8. The van der Waals surface area contributed by atoms with E-state index in [1.54, 1.807) is 4.90 Å². The molecule has 1 aromatic carbocycles. The van der Waals surface area contributed by atoms with Crippen LogP contribution in [0.25, 0.3) is 10.1 Å². The van der Waals surface area contributed by atoms with Crippen LogP contribution in [0.1, 0.15) is 66.6 Å². The topological polar surface area (TPSA) is 125 Å². The standard InChI is InChI=1S/C29H34N4O5S/c1-16-2-3-17-14-23(39-22(17)12-16)28(38)33-11-9-29(7-8-29)15-21(33)26(36)32-20(13-18-6-10-30-25(18)35)24(34)27(37)31-19-4-5-19/h2-3,12,14,18-21H,4-11,13,15H2,1H3,(H,30,35)(H,31,37)(H,32,36)/t18-,20-,21-/m0/s1. The lowest BCUT2D eigenvalue weighted by Crippen LogP contribution is -2.58. The fraction of sp³-hybridized carbons (Fsp3) is 0.552. The number of amides is 4. The fourth-order valence-corrected chi connectivity index (χ4v) is 7.04. The molecule has 6 rings (SSSR count). The summed E-state index contributed by atoms with van der Waals surface area (Å²) in [6.07, 6.45) is 5.71. The first-order chi connectivity index (χ1) is 18.7. The van der Waals surface area contributed by atoms with Gasteiger partial charge in [0.25, 0.3) is 11.8 Å². The summed E-state index contributed by atoms with van der Waals surface area (Å²) >= 11 is 1.42. The Bertz CT molecular complexity index is 1360. The van der Waals surface area contributed by atoms with E-state index in [9.17, 15) is 24.0 Å². The molecule has 9 nitrogen and oxygen atoms in total. The van der Waals surface area contributed by atoms with Gasteiger partial charge in [0.15, 0.2) is 0 Å². The van der Waals surface area contributed by atoms with E-state index in [1.807, 2.05) is 25.1 Å². The molecule has 2 saturated heterocycles. The number of likely N-dealkylation sites (tertiary alicyclic amines) is 1. The maximum absolute atomic E-state index is 13.8. The van der Waals surface area contributed by atoms with Crippen molar-refractivity contribution in [2.24, 2.45) is 11.3 Å². The van der Waals surface area contributed by atoms with Crippen molar-refractivity contribution in [1.29, 1.82) is 0 Å². The van der Waals surface area contributed by atoms with Crippen LogP contribution in [0.4, 0.5) is 0 Å². The number of aryl methyl sites for hydroxylation is 1. The van der Waals surface area contributed by atoms with Crippen LogP contribution in [0.5, 0.6) is 0 Å². The van der Waals surface area contributed by atoms with Crippen molar-refractivity contribution in [2.45, 2.75) is 76.4 Å². The molecular weight excluding hydrogens is 516 g/mol. The molecule has 39 heavy (non-hydrogen) atoms. The second-order valence-electron chi connectivity index (χ2n) is 11.8. The summed E-state index contributed by atoms with van der Waals surface area (Å²) in [6, 6.07) is 6.09. The zero-order valence-corrected chi connectivity index (χ0v) is 22.9. The third kappa shape index (κ3) is 5.44. The van der Waals surface area contributed by atoms with E-state index in [2.05, 4.69) is 22.0 Å². The molecule has 2 aliphatic heterocycles. The van der Waals surface area contributed by atoms with E-state index in [4.69, 9.17) is 0 Å². The largest absolute Gasteiger partial charge is 0.356 e. The predicted molar refractivity (Wildman–Crippen MR) is 146 cm³/mol. The summed E-state index contributed by atoms with van der Waals surface area (Å²) in [6.45, 7) is 2.99. The molecule has 10 heteroatoms. The minimum atomic E-state index is -1.12. The minimum absolute atomic E-state index is 0.00106. The second-order valence-corrected chi connectivity index (χ2v) is 12.9. The highest BCUT2D eigenvalue weighted by molar-refractivity contribution is 7.20. The van der Waals surface area contributed by atoms with Gasteiger partial charge in [0.2, 0.25) is 17.6 Å². The van der Waals surface area contributed by atoms with Crippen LogP contribution in [0, 0.1) is 18.3 Å². The Hall–Kier alpha value is -3.27. The lowest BCUT2D eigenvalue weighted by molar-refractivity contribution is -0.141. The molecule has 1 spiro atoms. The van der Waals surface area contributed by atoms with E-state index in [0.717, 1.165) is 47.8 Å². The molecule has 0 radical (unpaired) electrons. The smallest absolute Gasteiger partial charge is 0.289 e. The van der Waals surface area contributed by atoms with E-state index in [-0.39, 0.29) is 29.7 Å². The van der Waals surface area contributed by atoms with Gasteiger partial charge >= 0.3 is 0 Å². The van der Waals surface area contributed by atoms with Crippen LogP contribution in [-0.2, 0) is 19.2 Å². The van der Waals surface area contributed by atoms with Gasteiger partial charge in [-0.15, -0.1) is 11.3 Å². The van der Waals surface area contributed by atoms with Crippen molar-refractivity contribution >= 4 is 50.8 Å². The van der Waals surface area contributed by atoms with Crippen LogP contribution < -0.4 is 16.0 Å². The van der Waals surface area contributed by atoms with Crippen molar-refractivity contribution in [2.75, 3.05) is 13.1 Å². The molecule has 3 N–H and O–H groups in total. The zero-order chi connectivity index (χ0) is 27.3. The van der Waals surface area contributed by atoms with Gasteiger partial charge < -0.3 is 20.9 Å². The summed E-state index contributed by atoms with van der Waals surface area (Å²) < 4.78 is 1.03. The Morgan fingerprint density at radius 3 is 2.62 bits per heavy atom. The fourth-order valence-electron chi connectivity index (χ4n) is 5.93. The Balaban J connectivity index is 1.23. The number of nitrogens with one attached hydrogen (secondary N) is 3. The van der Waals surface area contributed by atoms with Gasteiger partial charge in [0.1, 0.15) is 6.04 Å². The summed E-state index contributed by atoms with van der Waals surface area (Å²) in [5, 5.41) is 9.29. The number of piperidine rings is 1. The van der Waals surface area contributed by atoms with Crippen LogP contribution in [0.3, 0.4) is 0 Å². The van der Waals surface area contributed by atoms with Crippen molar-refractivity contribution in [1.82, 2.24) is 20.9 Å². The van der Waals surface area contributed by atoms with Gasteiger partial charge in [-0.3, -0.25) is 24.0 Å². The van der Waals surface area contributed by atoms with Crippen molar-refractivity contribution in [3.63, 3.8) is 0 Å². The number of rotatable bonds is 8. The molecule has 4 aliphatic rings. The number of carbonyl (C=O) groups is 5. The van der Waals surface area contributed by atoms with Gasteiger partial charge in [-0.25, -0.2) is 0 Å². The number of thiophene rings is 1. The SMILES string of the molecule is Cc1ccc2cc(C(=O)N3CCC4(CC4)C[C@H]3C(=O)N[C@@H](C[C@@H]3CCNC3=O)C(=O)C(=O)NC3CC3)sc2c1. The van der Waals surface area contributed by atoms with Crippen LogP contribution in [0.15, 0.2) is 24.3 Å². The monoisotopic (exact) mass is 550 g/mol. The number of ketones is 1. The summed E-state index contributed by atoms with van der Waals surface area (Å²) in [5.74, 6) is -2.69. The number of Topliss-reactive ketones (excluding diaryl/α,β-unsaturated/α-hetero) is 1. The van der Waals surface area contributed by atoms with Gasteiger partial charge in [-0.1, -0.05) is 12.1 Å². The van der Waals surface area contributed by atoms with E-state index < -0.39 is 35.6 Å². The van der Waals surface area contributed by atoms with E-state index in [0.29, 0.717) is 30.8 Å². The Labute approximate surface area is 231 Å². The molecule has 4 amide bonds. The lowest BCUT2D eigenvalue weighted by atomic mass is 9.86. The highest BCUT2D eigenvalue weighted by Gasteiger charge is 2.51. The van der Waals surface area contributed by atoms with Gasteiger partial charge in [0, 0.05) is 29.7 Å². The molecule has 206 valence electrons. The molecule has 1 aromatic heterocycles. The minimum Gasteiger partial charge on any atom is -0.356 e. The summed E-state index contributed by atoms with van der Waals surface area (Å²) in [4.78, 5) is 67.9. The number of carbonyl (C=O) groups excluding carboxylic acids is 5. The molecule has 0 bridgehead atoms. The summed E-state index contributed by atoms with van der Waals surface area (Å²) in [7, 11) is 0. The van der Waals surface area contributed by atoms with Gasteiger partial charge in [-0.05, 0) is 86.8 Å². The van der Waals surface area contributed by atoms with Crippen LogP contribution in [-0.4, -0.2) is 65.5 Å². The first-order valence-electron chi connectivity index (χ1n) is 14.0. The third-order valence-corrected chi connectivity index (χ3v) is 9.83. The van der Waals surface area contributed by atoms with E-state index in [1.165, 1.54) is 11.3 Å². The Morgan fingerprint density at radius 2 is 1.92 bits per heavy atom. The highest BCUT2D eigenvalue weighted by Crippen LogP contribution is 2.55. The predicted octanol–water partition coefficient (Wildman–Crippen LogP) is 2.45. The number of nitrogens with zero attached hydrogens (tertiary/aromatic N) is 1. The van der Waals surface area contributed by atoms with Crippen molar-refractivity contribution < 1.29 is 24.0 Å². The average molecular weight is 551 g/mol. The molecule has 2 aromatic rings. The summed E-state index contributed by atoms with van der Waals surface area (Å²) in [5.41, 5.74) is 1.18. The van der Waals surface area contributed by atoms with Gasteiger partial charge in [-0.2, -0.15) is 0 Å². The quantitative estimate of drug-likeness (QED) is 0.436. The maximum atomic E-state index is 13.8. The molecule has 0 unspecified atom stereocenters. The second kappa shape index (κ2) is 10.0. The molecule has 2 aliphatic carbocycles. The normalized spacial score (nSPS) is 24.3. The van der Waals surface area contributed by atoms with Crippen LogP contribution >= 0.6 is 11.3 Å². The van der Waals surface area contributed by atoms with Crippen LogP contribution in [0.2, 0.25) is 0 Å². The number of fused-ring (bicyclic) bond motifs is 1. The molecule has 2 saturated carbocycles. The first kappa shape index (κ1) is 26.0. The van der Waals surface area contributed by atoms with Crippen molar-refractivity contribution in [3.8, 4) is 0 Å². The highest BCUT2D eigenvalue weighted by atomic mass is 32.1. The average Bonchev–Trinajstić information content (AvgIpc) is 3.80. The third-order valence-electron chi connectivity index (χ3n) is 8.74. The molecular formula is C29H34N4O5S. The number of benzene rings is 1. The number of hydrogen-bond donors (Lipinski definition) is 3. The lowest BCUT2D eigenvalue weighted by Gasteiger charge is -2.39. The van der Waals surface area contributed by atoms with E-state index >= 15 is 0 Å². The van der Waals surface area contributed by atoms with Crippen molar-refractivity contribution in [3.05, 3.63) is 34.7 Å². The Kier molecular flexibility index (Phi) is 6.69. The number of hydrogen-bond acceptors (Lipinski definition) is 6. The van der Waals surface area contributed by atoms with Gasteiger partial charge in [0.05, 0.1) is 10.9 Å². The molecule has 3 atom stereocenters.